The Hall–Kier alpha value is -2.08. The fourth-order valence-electron chi connectivity index (χ4n) is 3.20. The topological polar surface area (TPSA) is 72.1 Å². The van der Waals surface area contributed by atoms with E-state index in [2.05, 4.69) is 15.7 Å². The van der Waals surface area contributed by atoms with Gasteiger partial charge in [-0.3, -0.25) is 9.48 Å². The molecule has 110 valence electrons. The van der Waals surface area contributed by atoms with Crippen LogP contribution in [0.3, 0.4) is 0 Å². The number of carbonyl (C=O) groups is 1. The Morgan fingerprint density at radius 1 is 1.48 bits per heavy atom. The van der Waals surface area contributed by atoms with Crippen molar-refractivity contribution in [3.63, 3.8) is 0 Å². The first-order chi connectivity index (χ1) is 10.3. The van der Waals surface area contributed by atoms with Gasteiger partial charge in [0.05, 0.1) is 24.2 Å². The van der Waals surface area contributed by atoms with E-state index in [1.165, 1.54) is 5.56 Å². The van der Waals surface area contributed by atoms with Crippen LogP contribution in [0, 0.1) is 0 Å². The smallest absolute Gasteiger partial charge is 0.291 e. The Labute approximate surface area is 122 Å². The maximum absolute atomic E-state index is 12.3. The van der Waals surface area contributed by atoms with Crippen LogP contribution in [0.4, 0.5) is 5.69 Å². The summed E-state index contributed by atoms with van der Waals surface area (Å²) in [4.78, 5) is 12.3. The molecule has 6 heteroatoms. The number of rotatable bonds is 3. The molecular formula is C15H18N4O2. The van der Waals surface area contributed by atoms with Crippen LogP contribution in [0.2, 0.25) is 0 Å². The van der Waals surface area contributed by atoms with Gasteiger partial charge in [0, 0.05) is 18.3 Å². The number of furan rings is 1. The van der Waals surface area contributed by atoms with Crippen LogP contribution in [0.25, 0.3) is 0 Å². The van der Waals surface area contributed by atoms with Crippen LogP contribution < -0.4 is 10.6 Å². The van der Waals surface area contributed by atoms with Gasteiger partial charge < -0.3 is 15.1 Å². The summed E-state index contributed by atoms with van der Waals surface area (Å²) in [5.74, 6) is 0.278. The molecule has 1 fully saturated rings. The van der Waals surface area contributed by atoms with Gasteiger partial charge in [0.1, 0.15) is 0 Å². The summed E-state index contributed by atoms with van der Waals surface area (Å²) in [5, 5.41) is 10.5. The maximum Gasteiger partial charge on any atom is 0.291 e. The largest absolute Gasteiger partial charge is 0.459 e. The van der Waals surface area contributed by atoms with Crippen LogP contribution in [0.5, 0.6) is 0 Å². The minimum Gasteiger partial charge on any atom is -0.459 e. The highest BCUT2D eigenvalue weighted by Crippen LogP contribution is 2.27. The van der Waals surface area contributed by atoms with Gasteiger partial charge in [-0.15, -0.1) is 0 Å². The lowest BCUT2D eigenvalue weighted by Crippen LogP contribution is -2.14. The molecule has 1 atom stereocenters. The van der Waals surface area contributed by atoms with Crippen LogP contribution >= 0.6 is 0 Å². The first-order valence-corrected chi connectivity index (χ1v) is 7.47. The van der Waals surface area contributed by atoms with Crippen LogP contribution in [-0.4, -0.2) is 28.8 Å². The van der Waals surface area contributed by atoms with Crippen molar-refractivity contribution in [2.24, 2.45) is 0 Å². The molecule has 1 aliphatic carbocycles. The van der Waals surface area contributed by atoms with Crippen LogP contribution in [0.15, 0.2) is 23.1 Å². The highest BCUT2D eigenvalue weighted by Gasteiger charge is 2.24. The Balaban J connectivity index is 1.49. The van der Waals surface area contributed by atoms with Crippen molar-refractivity contribution in [1.29, 1.82) is 0 Å². The van der Waals surface area contributed by atoms with Crippen molar-refractivity contribution in [1.82, 2.24) is 15.1 Å². The lowest BCUT2D eigenvalue weighted by atomic mass is 10.2. The number of aromatic nitrogens is 2. The van der Waals surface area contributed by atoms with Gasteiger partial charge in [0.15, 0.2) is 5.76 Å². The summed E-state index contributed by atoms with van der Waals surface area (Å²) in [6.45, 7) is 1.95. The van der Waals surface area contributed by atoms with Gasteiger partial charge in [-0.05, 0) is 37.8 Å². The average molecular weight is 286 g/mol. The molecule has 2 aliphatic rings. The third-order valence-corrected chi connectivity index (χ3v) is 4.33. The minimum absolute atomic E-state index is 0.178. The predicted octanol–water partition coefficient (Wildman–Crippen LogP) is 1.75. The normalized spacial score (nSPS) is 20.7. The Morgan fingerprint density at radius 3 is 3.29 bits per heavy atom. The maximum atomic E-state index is 12.3. The van der Waals surface area contributed by atoms with Crippen LogP contribution in [0.1, 0.15) is 40.6 Å². The number of aryl methyl sites for hydroxylation is 1. The van der Waals surface area contributed by atoms with Crippen molar-refractivity contribution in [3.05, 3.63) is 35.5 Å². The molecule has 21 heavy (non-hydrogen) atoms. The number of anilines is 1. The first kappa shape index (κ1) is 12.6. The quantitative estimate of drug-likeness (QED) is 0.901. The summed E-state index contributed by atoms with van der Waals surface area (Å²) >= 11 is 0. The standard InChI is InChI=1S/C15H18N4O2/c20-15(14-13-3-1-2-10(13)9-21-14)18-11-6-17-19(8-11)12-4-5-16-7-12/h6,8-9,12,16H,1-5,7H2,(H,18,20). The van der Waals surface area contributed by atoms with Gasteiger partial charge in [0.25, 0.3) is 5.91 Å². The number of nitrogens with zero attached hydrogens (tertiary/aromatic N) is 2. The van der Waals surface area contributed by atoms with E-state index in [4.69, 9.17) is 4.42 Å². The van der Waals surface area contributed by atoms with E-state index in [1.54, 1.807) is 12.5 Å². The lowest BCUT2D eigenvalue weighted by Gasteiger charge is -2.07. The van der Waals surface area contributed by atoms with E-state index >= 15 is 0 Å². The monoisotopic (exact) mass is 286 g/mol. The zero-order valence-corrected chi connectivity index (χ0v) is 11.8. The third-order valence-electron chi connectivity index (χ3n) is 4.33. The molecular weight excluding hydrogens is 268 g/mol. The van der Waals surface area contributed by atoms with E-state index in [9.17, 15) is 4.79 Å². The molecule has 1 saturated heterocycles. The van der Waals surface area contributed by atoms with E-state index in [0.717, 1.165) is 50.0 Å². The van der Waals surface area contributed by atoms with Crippen molar-refractivity contribution >= 4 is 11.6 Å². The SMILES string of the molecule is O=C(Nc1cnn(C2CCNC2)c1)c1occ2c1CCC2. The molecule has 1 amide bonds. The van der Waals surface area contributed by atoms with Crippen LogP contribution in [-0.2, 0) is 12.8 Å². The third kappa shape index (κ3) is 2.25. The highest BCUT2D eigenvalue weighted by molar-refractivity contribution is 6.03. The van der Waals surface area contributed by atoms with Gasteiger partial charge in [-0.2, -0.15) is 5.10 Å². The second-order valence-electron chi connectivity index (χ2n) is 5.73. The zero-order chi connectivity index (χ0) is 14.2. The Kier molecular flexibility index (Phi) is 3.03. The first-order valence-electron chi connectivity index (χ1n) is 7.47. The summed E-state index contributed by atoms with van der Waals surface area (Å²) in [7, 11) is 0. The Morgan fingerprint density at radius 2 is 2.43 bits per heavy atom. The number of hydrogen-bond acceptors (Lipinski definition) is 4. The van der Waals surface area contributed by atoms with Gasteiger partial charge in [-0.25, -0.2) is 0 Å². The van der Waals surface area contributed by atoms with Gasteiger partial charge in [0.2, 0.25) is 0 Å². The van der Waals surface area contributed by atoms with E-state index in [1.807, 2.05) is 10.9 Å². The minimum atomic E-state index is -0.178. The number of carbonyl (C=O) groups excluding carboxylic acids is 1. The molecule has 0 spiro atoms. The fraction of sp³-hybridized carbons (Fsp3) is 0.467. The number of nitrogens with one attached hydrogen (secondary N) is 2. The molecule has 6 nitrogen and oxygen atoms in total. The van der Waals surface area contributed by atoms with Crippen molar-refractivity contribution < 1.29 is 9.21 Å². The molecule has 2 N–H and O–H groups in total. The number of amides is 1. The summed E-state index contributed by atoms with van der Waals surface area (Å²) < 4.78 is 7.35. The number of fused-ring (bicyclic) bond motifs is 1. The predicted molar refractivity (Wildman–Crippen MR) is 77.4 cm³/mol. The molecule has 0 radical (unpaired) electrons. The second kappa shape index (κ2) is 5.04. The highest BCUT2D eigenvalue weighted by atomic mass is 16.3. The molecule has 1 aliphatic heterocycles. The summed E-state index contributed by atoms with van der Waals surface area (Å²) in [5.41, 5.74) is 2.96. The molecule has 0 bridgehead atoms. The summed E-state index contributed by atoms with van der Waals surface area (Å²) in [6.07, 6.45) is 9.41. The van der Waals surface area contributed by atoms with Gasteiger partial charge in [-0.1, -0.05) is 0 Å². The molecule has 4 rings (SSSR count). The average Bonchev–Trinajstić information content (AvgIpc) is 3.23. The molecule has 2 aromatic heterocycles. The van der Waals surface area contributed by atoms with Crippen molar-refractivity contribution in [2.45, 2.75) is 31.7 Å². The fourth-order valence-corrected chi connectivity index (χ4v) is 3.20. The molecule has 2 aromatic rings. The molecule has 1 unspecified atom stereocenters. The second-order valence-corrected chi connectivity index (χ2v) is 5.73. The zero-order valence-electron chi connectivity index (χ0n) is 11.8. The molecule has 0 saturated carbocycles. The van der Waals surface area contributed by atoms with E-state index in [0.29, 0.717) is 11.8 Å². The van der Waals surface area contributed by atoms with Gasteiger partial charge >= 0.3 is 0 Å². The summed E-state index contributed by atoms with van der Waals surface area (Å²) in [6, 6.07) is 0.378. The van der Waals surface area contributed by atoms with Crippen molar-refractivity contribution in [2.75, 3.05) is 18.4 Å². The number of hydrogen-bond donors (Lipinski definition) is 2. The van der Waals surface area contributed by atoms with E-state index in [-0.39, 0.29) is 5.91 Å². The molecule has 3 heterocycles. The lowest BCUT2D eigenvalue weighted by molar-refractivity contribution is 0.0995. The Bertz CT molecular complexity index is 667. The van der Waals surface area contributed by atoms with Crippen molar-refractivity contribution in [3.8, 4) is 0 Å². The molecule has 0 aromatic carbocycles. The van der Waals surface area contributed by atoms with E-state index < -0.39 is 0 Å².